The smallest absolute Gasteiger partial charge is 0.273 e. The van der Waals surface area contributed by atoms with Crippen molar-refractivity contribution in [3.63, 3.8) is 0 Å². The third-order valence-electron chi connectivity index (χ3n) is 5.33. The molecule has 2 N–H and O–H groups in total. The lowest BCUT2D eigenvalue weighted by atomic mass is 9.91. The minimum Gasteiger partial charge on any atom is -0.360 e. The van der Waals surface area contributed by atoms with Crippen molar-refractivity contribution in [2.24, 2.45) is 7.05 Å². The van der Waals surface area contributed by atoms with Crippen molar-refractivity contribution in [1.29, 1.82) is 0 Å². The molecule has 0 aliphatic heterocycles. The van der Waals surface area contributed by atoms with Gasteiger partial charge < -0.3 is 15.2 Å². The number of aryl methyl sites for hydroxylation is 2. The van der Waals surface area contributed by atoms with E-state index >= 15 is 0 Å². The Morgan fingerprint density at radius 2 is 1.92 bits per heavy atom. The van der Waals surface area contributed by atoms with Crippen LogP contribution in [0, 0.1) is 0 Å². The van der Waals surface area contributed by atoms with Crippen LogP contribution in [0.4, 0.5) is 0 Å². The van der Waals surface area contributed by atoms with E-state index in [1.54, 1.807) is 24.0 Å². The molecular formula is C18H23N5O3. The summed E-state index contributed by atoms with van der Waals surface area (Å²) in [5.41, 5.74) is 1.70. The highest BCUT2D eigenvalue weighted by atomic mass is 16.5. The molecule has 1 fully saturated rings. The molecule has 1 saturated carbocycles. The molecule has 8 heteroatoms. The molecule has 1 unspecified atom stereocenters. The van der Waals surface area contributed by atoms with Gasteiger partial charge in [0.05, 0.1) is 0 Å². The maximum absolute atomic E-state index is 12.6. The van der Waals surface area contributed by atoms with Gasteiger partial charge in [0.25, 0.3) is 11.8 Å². The van der Waals surface area contributed by atoms with Gasteiger partial charge in [0.2, 0.25) is 0 Å². The van der Waals surface area contributed by atoms with Crippen molar-refractivity contribution in [3.8, 4) is 0 Å². The molecule has 4 rings (SSSR count). The quantitative estimate of drug-likeness (QED) is 0.860. The van der Waals surface area contributed by atoms with Crippen LogP contribution >= 0.6 is 0 Å². The van der Waals surface area contributed by atoms with Crippen LogP contribution in [0.2, 0.25) is 0 Å². The first-order valence-electron chi connectivity index (χ1n) is 9.19. The Hall–Kier alpha value is -2.64. The average molecular weight is 357 g/mol. The van der Waals surface area contributed by atoms with E-state index in [2.05, 4.69) is 20.9 Å². The molecule has 8 nitrogen and oxygen atoms in total. The van der Waals surface area contributed by atoms with Crippen molar-refractivity contribution in [2.75, 3.05) is 0 Å². The first-order chi connectivity index (χ1) is 12.6. The lowest BCUT2D eigenvalue weighted by Gasteiger charge is -2.22. The third-order valence-corrected chi connectivity index (χ3v) is 5.33. The molecule has 0 saturated heterocycles. The van der Waals surface area contributed by atoms with Crippen LogP contribution in [-0.2, 0) is 19.9 Å². The lowest BCUT2D eigenvalue weighted by Crippen LogP contribution is -2.40. The van der Waals surface area contributed by atoms with Crippen LogP contribution in [0.5, 0.6) is 0 Å². The number of hydrogen-bond acceptors (Lipinski definition) is 5. The molecule has 0 aromatic carbocycles. The largest absolute Gasteiger partial charge is 0.360 e. The number of carbonyl (C=O) groups is 2. The van der Waals surface area contributed by atoms with Gasteiger partial charge in [0.1, 0.15) is 11.5 Å². The zero-order valence-corrected chi connectivity index (χ0v) is 14.8. The predicted molar refractivity (Wildman–Crippen MR) is 92.7 cm³/mol. The monoisotopic (exact) mass is 357 g/mol. The Labute approximate surface area is 151 Å². The van der Waals surface area contributed by atoms with Crippen LogP contribution in [0.15, 0.2) is 16.8 Å². The minimum atomic E-state index is -0.166. The maximum Gasteiger partial charge on any atom is 0.273 e. The average Bonchev–Trinajstić information content (AvgIpc) is 3.35. The van der Waals surface area contributed by atoms with Crippen LogP contribution in [-0.4, -0.2) is 38.8 Å². The lowest BCUT2D eigenvalue weighted by molar-refractivity contribution is 0.0920. The fraction of sp³-hybridized carbons (Fsp3) is 0.556. The number of amides is 2. The van der Waals surface area contributed by atoms with Gasteiger partial charge in [-0.05, 0) is 31.7 Å². The molecule has 1 atom stereocenters. The molecule has 2 aliphatic rings. The second kappa shape index (κ2) is 6.93. The zero-order chi connectivity index (χ0) is 18.1. The van der Waals surface area contributed by atoms with E-state index < -0.39 is 0 Å². The summed E-state index contributed by atoms with van der Waals surface area (Å²) < 4.78 is 6.92. The van der Waals surface area contributed by atoms with Crippen molar-refractivity contribution in [1.82, 2.24) is 25.6 Å². The molecule has 138 valence electrons. The van der Waals surface area contributed by atoms with Gasteiger partial charge in [0, 0.05) is 37.3 Å². The van der Waals surface area contributed by atoms with E-state index in [0.717, 1.165) is 43.4 Å². The number of aromatic nitrogens is 3. The van der Waals surface area contributed by atoms with Crippen LogP contribution in [0.3, 0.4) is 0 Å². The Balaban J connectivity index is 1.44. The Morgan fingerprint density at radius 1 is 1.15 bits per heavy atom. The van der Waals surface area contributed by atoms with Crippen LogP contribution in [0.25, 0.3) is 0 Å². The molecule has 0 bridgehead atoms. The Kier molecular flexibility index (Phi) is 4.48. The van der Waals surface area contributed by atoms with E-state index in [9.17, 15) is 9.59 Å². The normalized spacial score (nSPS) is 20.0. The highest BCUT2D eigenvalue weighted by molar-refractivity contribution is 5.94. The Bertz CT molecular complexity index is 819. The highest BCUT2D eigenvalue weighted by Crippen LogP contribution is 2.26. The summed E-state index contributed by atoms with van der Waals surface area (Å²) in [7, 11) is 1.74. The summed E-state index contributed by atoms with van der Waals surface area (Å²) >= 11 is 0. The number of fused-ring (bicyclic) bond motifs is 1. The van der Waals surface area contributed by atoms with Gasteiger partial charge >= 0.3 is 0 Å². The summed E-state index contributed by atoms with van der Waals surface area (Å²) in [4.78, 5) is 25.0. The van der Waals surface area contributed by atoms with Gasteiger partial charge in [-0.2, -0.15) is 5.10 Å². The van der Waals surface area contributed by atoms with Gasteiger partial charge in [-0.3, -0.25) is 14.3 Å². The molecule has 0 spiro atoms. The molecule has 2 aromatic heterocycles. The maximum atomic E-state index is 12.6. The summed E-state index contributed by atoms with van der Waals surface area (Å²) in [6.07, 6.45) is 7.93. The van der Waals surface area contributed by atoms with Crippen molar-refractivity contribution >= 4 is 11.8 Å². The zero-order valence-electron chi connectivity index (χ0n) is 14.8. The number of nitrogens with one attached hydrogen (secondary N) is 2. The molecule has 26 heavy (non-hydrogen) atoms. The Morgan fingerprint density at radius 3 is 2.65 bits per heavy atom. The standard InChI is InChI=1S/C18H23N5O3/c1-23-14(8-9-19-23)17(24)21-12-6-7-15-13(10-12)16(22-26-15)18(25)20-11-4-2-3-5-11/h8-9,11-12H,2-7,10H2,1H3,(H,20,25)(H,21,24). The van der Waals surface area contributed by atoms with Gasteiger partial charge in [-0.15, -0.1) is 0 Å². The van der Waals surface area contributed by atoms with Gasteiger partial charge in [-0.1, -0.05) is 18.0 Å². The molecule has 2 aromatic rings. The van der Waals surface area contributed by atoms with E-state index in [1.807, 2.05) is 0 Å². The summed E-state index contributed by atoms with van der Waals surface area (Å²) in [6.45, 7) is 0. The number of hydrogen-bond donors (Lipinski definition) is 2. The molecular weight excluding hydrogens is 334 g/mol. The molecule has 0 radical (unpaired) electrons. The first-order valence-corrected chi connectivity index (χ1v) is 9.19. The summed E-state index contributed by atoms with van der Waals surface area (Å²) in [6, 6.07) is 1.87. The second-order valence-corrected chi connectivity index (χ2v) is 7.14. The predicted octanol–water partition coefficient (Wildman–Crippen LogP) is 1.37. The molecule has 2 aliphatic carbocycles. The number of carbonyl (C=O) groups excluding carboxylic acids is 2. The number of nitrogens with zero attached hydrogens (tertiary/aromatic N) is 3. The van der Waals surface area contributed by atoms with E-state index in [4.69, 9.17) is 4.52 Å². The van der Waals surface area contributed by atoms with Gasteiger partial charge in [0.15, 0.2) is 5.69 Å². The minimum absolute atomic E-state index is 0.0534. The van der Waals surface area contributed by atoms with Crippen molar-refractivity contribution in [2.45, 2.75) is 57.0 Å². The van der Waals surface area contributed by atoms with Crippen LogP contribution < -0.4 is 10.6 Å². The van der Waals surface area contributed by atoms with E-state index in [-0.39, 0.29) is 23.9 Å². The topological polar surface area (TPSA) is 102 Å². The third kappa shape index (κ3) is 3.23. The van der Waals surface area contributed by atoms with Gasteiger partial charge in [-0.25, -0.2) is 0 Å². The second-order valence-electron chi connectivity index (χ2n) is 7.14. The molecule has 2 heterocycles. The summed E-state index contributed by atoms with van der Waals surface area (Å²) in [5.74, 6) is 0.431. The van der Waals surface area contributed by atoms with Crippen molar-refractivity contribution in [3.05, 3.63) is 35.0 Å². The first kappa shape index (κ1) is 16.8. The van der Waals surface area contributed by atoms with E-state index in [1.165, 1.54) is 0 Å². The number of rotatable bonds is 4. The fourth-order valence-corrected chi connectivity index (χ4v) is 3.89. The highest BCUT2D eigenvalue weighted by Gasteiger charge is 2.31. The molecule has 2 amide bonds. The fourth-order valence-electron chi connectivity index (χ4n) is 3.89. The summed E-state index contributed by atoms with van der Waals surface area (Å²) in [5, 5.41) is 14.1. The van der Waals surface area contributed by atoms with Crippen LogP contribution in [0.1, 0.15) is 64.4 Å². The van der Waals surface area contributed by atoms with E-state index in [0.29, 0.717) is 24.2 Å². The SMILES string of the molecule is Cn1nccc1C(=O)NC1CCc2onc(C(=O)NC3CCCC3)c2C1. The van der Waals surface area contributed by atoms with Crippen molar-refractivity contribution < 1.29 is 14.1 Å².